The lowest BCUT2D eigenvalue weighted by molar-refractivity contribution is -0.138. The number of imidazole rings is 1. The van der Waals surface area contributed by atoms with Crippen LogP contribution in [0.1, 0.15) is 12.6 Å². The summed E-state index contributed by atoms with van der Waals surface area (Å²) in [4.78, 5) is 20.9. The Kier molecular flexibility index (Phi) is 3.34. The fourth-order valence-electron chi connectivity index (χ4n) is 1.66. The monoisotopic (exact) mass is 234 g/mol. The van der Waals surface area contributed by atoms with Crippen molar-refractivity contribution in [2.75, 3.05) is 13.1 Å². The Morgan fingerprint density at radius 2 is 2.41 bits per heavy atom. The molecule has 0 aliphatic heterocycles. The molecule has 90 valence electrons. The topological polar surface area (TPSA) is 70.7 Å². The third-order valence-electron chi connectivity index (χ3n) is 2.48. The van der Waals surface area contributed by atoms with E-state index in [9.17, 15) is 4.79 Å². The molecule has 0 aliphatic carbocycles. The minimum atomic E-state index is -0.825. The van der Waals surface area contributed by atoms with Crippen molar-refractivity contribution in [1.29, 1.82) is 0 Å². The van der Waals surface area contributed by atoms with Crippen LogP contribution in [0, 0.1) is 0 Å². The number of hydrogen-bond donors (Lipinski definition) is 1. The minimum Gasteiger partial charge on any atom is -0.480 e. The second kappa shape index (κ2) is 4.92. The number of carbonyl (C=O) groups is 1. The van der Waals surface area contributed by atoms with Gasteiger partial charge >= 0.3 is 5.97 Å². The third-order valence-corrected chi connectivity index (χ3v) is 2.48. The molecule has 0 unspecified atom stereocenters. The number of nitrogens with zero attached hydrogens (tertiary/aromatic N) is 4. The van der Waals surface area contributed by atoms with Crippen LogP contribution in [0.15, 0.2) is 24.7 Å². The smallest absolute Gasteiger partial charge is 0.317 e. The Balaban J connectivity index is 2.14. The van der Waals surface area contributed by atoms with E-state index in [1.54, 1.807) is 6.20 Å². The van der Waals surface area contributed by atoms with Crippen LogP contribution < -0.4 is 0 Å². The molecule has 0 aromatic carbocycles. The van der Waals surface area contributed by atoms with Gasteiger partial charge in [0.2, 0.25) is 5.78 Å². The molecule has 0 saturated carbocycles. The largest absolute Gasteiger partial charge is 0.480 e. The standard InChI is InChI=1S/C11H14N4O2/c1-2-14(8-10(16)17)6-9-7-15-5-3-4-12-11(15)13-9/h3-5,7H,2,6,8H2,1H3,(H,16,17). The lowest BCUT2D eigenvalue weighted by Gasteiger charge is -2.15. The molecule has 1 N–H and O–H groups in total. The van der Waals surface area contributed by atoms with E-state index in [1.807, 2.05) is 34.7 Å². The van der Waals surface area contributed by atoms with Crippen LogP contribution in [0.4, 0.5) is 0 Å². The summed E-state index contributed by atoms with van der Waals surface area (Å²) in [7, 11) is 0. The highest BCUT2D eigenvalue weighted by molar-refractivity contribution is 5.69. The van der Waals surface area contributed by atoms with E-state index in [2.05, 4.69) is 9.97 Å². The highest BCUT2D eigenvalue weighted by atomic mass is 16.4. The number of carboxylic acids is 1. The molecule has 2 heterocycles. The Morgan fingerprint density at radius 1 is 1.59 bits per heavy atom. The van der Waals surface area contributed by atoms with Crippen LogP contribution in [0.5, 0.6) is 0 Å². The zero-order valence-electron chi connectivity index (χ0n) is 9.58. The molecular weight excluding hydrogens is 220 g/mol. The maximum atomic E-state index is 10.7. The Labute approximate surface area is 98.5 Å². The molecule has 0 bridgehead atoms. The Hall–Kier alpha value is -1.95. The van der Waals surface area contributed by atoms with Gasteiger partial charge in [0.15, 0.2) is 0 Å². The molecule has 2 rings (SSSR count). The molecule has 2 aromatic rings. The number of fused-ring (bicyclic) bond motifs is 1. The second-order valence-electron chi connectivity index (χ2n) is 3.76. The average molecular weight is 234 g/mol. The average Bonchev–Trinajstić information content (AvgIpc) is 2.69. The van der Waals surface area contributed by atoms with Crippen molar-refractivity contribution in [2.24, 2.45) is 0 Å². The Bertz CT molecular complexity index is 490. The van der Waals surface area contributed by atoms with Crippen molar-refractivity contribution in [3.8, 4) is 0 Å². The van der Waals surface area contributed by atoms with Gasteiger partial charge in [0, 0.05) is 25.1 Å². The SMILES string of the molecule is CCN(CC(=O)O)Cc1cn2cccnc2n1. The number of aliphatic carboxylic acids is 1. The van der Waals surface area contributed by atoms with E-state index in [1.165, 1.54) is 0 Å². The first-order valence-electron chi connectivity index (χ1n) is 5.41. The predicted octanol–water partition coefficient (Wildman–Crippen LogP) is 0.636. The highest BCUT2D eigenvalue weighted by Crippen LogP contribution is 2.05. The van der Waals surface area contributed by atoms with E-state index in [0.29, 0.717) is 18.9 Å². The first-order valence-corrected chi connectivity index (χ1v) is 5.41. The normalized spacial score (nSPS) is 11.2. The molecule has 17 heavy (non-hydrogen) atoms. The van der Waals surface area contributed by atoms with E-state index in [4.69, 9.17) is 5.11 Å². The van der Waals surface area contributed by atoms with Crippen LogP contribution in [0.2, 0.25) is 0 Å². The van der Waals surface area contributed by atoms with Crippen molar-refractivity contribution in [1.82, 2.24) is 19.3 Å². The van der Waals surface area contributed by atoms with Crippen LogP contribution >= 0.6 is 0 Å². The molecule has 0 amide bonds. The van der Waals surface area contributed by atoms with Gasteiger partial charge in [-0.1, -0.05) is 6.92 Å². The van der Waals surface area contributed by atoms with Crippen molar-refractivity contribution in [3.05, 3.63) is 30.4 Å². The summed E-state index contributed by atoms with van der Waals surface area (Å²) in [5, 5.41) is 8.75. The molecule has 6 nitrogen and oxygen atoms in total. The molecular formula is C11H14N4O2. The molecule has 2 aromatic heterocycles. The van der Waals surface area contributed by atoms with Crippen LogP contribution in [-0.2, 0) is 11.3 Å². The molecule has 0 aliphatic rings. The summed E-state index contributed by atoms with van der Waals surface area (Å²) in [5.41, 5.74) is 0.826. The van der Waals surface area contributed by atoms with E-state index < -0.39 is 5.97 Å². The maximum Gasteiger partial charge on any atom is 0.317 e. The molecule has 6 heteroatoms. The van der Waals surface area contributed by atoms with Gasteiger partial charge in [0.1, 0.15) is 0 Å². The lowest BCUT2D eigenvalue weighted by Crippen LogP contribution is -2.29. The quantitative estimate of drug-likeness (QED) is 0.821. The van der Waals surface area contributed by atoms with Gasteiger partial charge in [-0.15, -0.1) is 0 Å². The number of carboxylic acid groups (broad SMARTS) is 1. The molecule has 0 saturated heterocycles. The van der Waals surface area contributed by atoms with Gasteiger partial charge in [-0.2, -0.15) is 0 Å². The first kappa shape index (κ1) is 11.5. The molecule has 0 fully saturated rings. The summed E-state index contributed by atoms with van der Waals surface area (Å²) in [6, 6.07) is 1.83. The van der Waals surface area contributed by atoms with Gasteiger partial charge in [-0.25, -0.2) is 9.97 Å². The zero-order valence-corrected chi connectivity index (χ0v) is 9.58. The van der Waals surface area contributed by atoms with Crippen molar-refractivity contribution in [3.63, 3.8) is 0 Å². The van der Waals surface area contributed by atoms with Crippen molar-refractivity contribution in [2.45, 2.75) is 13.5 Å². The van der Waals surface area contributed by atoms with E-state index in [-0.39, 0.29) is 6.54 Å². The summed E-state index contributed by atoms with van der Waals surface area (Å²) in [6.07, 6.45) is 5.42. The van der Waals surface area contributed by atoms with Gasteiger partial charge in [0.25, 0.3) is 0 Å². The summed E-state index contributed by atoms with van der Waals surface area (Å²) in [5.74, 6) is -0.192. The van der Waals surface area contributed by atoms with Crippen LogP contribution in [-0.4, -0.2) is 43.4 Å². The fourth-order valence-corrected chi connectivity index (χ4v) is 1.66. The lowest BCUT2D eigenvalue weighted by atomic mass is 10.4. The first-order chi connectivity index (χ1) is 8.19. The Morgan fingerprint density at radius 3 is 3.06 bits per heavy atom. The van der Waals surface area contributed by atoms with E-state index in [0.717, 1.165) is 5.69 Å². The van der Waals surface area contributed by atoms with Crippen molar-refractivity contribution < 1.29 is 9.90 Å². The zero-order chi connectivity index (χ0) is 12.3. The van der Waals surface area contributed by atoms with Gasteiger partial charge in [0.05, 0.1) is 12.2 Å². The van der Waals surface area contributed by atoms with Gasteiger partial charge in [-0.05, 0) is 12.6 Å². The van der Waals surface area contributed by atoms with Crippen molar-refractivity contribution >= 4 is 11.7 Å². The van der Waals surface area contributed by atoms with Crippen LogP contribution in [0.25, 0.3) is 5.78 Å². The predicted molar refractivity (Wildman–Crippen MR) is 61.6 cm³/mol. The van der Waals surface area contributed by atoms with Gasteiger partial charge in [-0.3, -0.25) is 14.1 Å². The maximum absolute atomic E-state index is 10.7. The molecule has 0 atom stereocenters. The third kappa shape index (κ3) is 2.79. The number of hydrogen-bond acceptors (Lipinski definition) is 4. The van der Waals surface area contributed by atoms with Gasteiger partial charge < -0.3 is 5.11 Å². The highest BCUT2D eigenvalue weighted by Gasteiger charge is 2.10. The minimum absolute atomic E-state index is 0.0256. The number of aromatic nitrogens is 3. The summed E-state index contributed by atoms with van der Waals surface area (Å²) < 4.78 is 1.82. The summed E-state index contributed by atoms with van der Waals surface area (Å²) in [6.45, 7) is 3.15. The van der Waals surface area contributed by atoms with E-state index >= 15 is 0 Å². The number of likely N-dealkylation sites (N-methyl/N-ethyl adjacent to an activating group) is 1. The molecule has 0 radical (unpaired) electrons. The molecule has 0 spiro atoms. The van der Waals surface area contributed by atoms with Crippen LogP contribution in [0.3, 0.4) is 0 Å². The summed E-state index contributed by atoms with van der Waals surface area (Å²) >= 11 is 0. The second-order valence-corrected chi connectivity index (χ2v) is 3.76. The number of rotatable bonds is 5. The fraction of sp³-hybridized carbons (Fsp3) is 0.364.